The zero-order chi connectivity index (χ0) is 13.9. The molecule has 0 aliphatic carbocycles. The van der Waals surface area contributed by atoms with Gasteiger partial charge in [-0.1, -0.05) is 30.3 Å². The van der Waals surface area contributed by atoms with Gasteiger partial charge in [-0.25, -0.2) is 14.6 Å². The Morgan fingerprint density at radius 3 is 2.60 bits per heavy atom. The lowest BCUT2D eigenvalue weighted by molar-refractivity contribution is 0.829. The van der Waals surface area contributed by atoms with Gasteiger partial charge in [-0.15, -0.1) is 0 Å². The predicted molar refractivity (Wildman–Crippen MR) is 78.9 cm³/mol. The highest BCUT2D eigenvalue weighted by Crippen LogP contribution is 2.19. The van der Waals surface area contributed by atoms with Crippen LogP contribution in [0.5, 0.6) is 0 Å². The minimum Gasteiger partial charge on any atom is -0.373 e. The number of hydrogen-bond donors (Lipinski definition) is 1. The molecule has 0 unspecified atom stereocenters. The molecular weight excluding hydrogens is 250 g/mol. The van der Waals surface area contributed by atoms with Crippen molar-refractivity contribution < 1.29 is 0 Å². The summed E-state index contributed by atoms with van der Waals surface area (Å²) in [4.78, 5) is 8.69. The second-order valence-electron chi connectivity index (χ2n) is 4.45. The molecule has 0 aliphatic rings. The Balaban J connectivity index is 2.00. The topological polar surface area (TPSA) is 55.6 Å². The van der Waals surface area contributed by atoms with Gasteiger partial charge in [0, 0.05) is 24.9 Å². The maximum atomic E-state index is 4.41. The van der Waals surface area contributed by atoms with Crippen LogP contribution in [0, 0.1) is 6.92 Å². The number of aryl methyl sites for hydroxylation is 1. The molecule has 1 N–H and O–H groups in total. The van der Waals surface area contributed by atoms with E-state index in [0.29, 0.717) is 5.82 Å². The number of nitrogens with zero attached hydrogens (tertiary/aromatic N) is 4. The van der Waals surface area contributed by atoms with E-state index in [0.717, 1.165) is 22.8 Å². The van der Waals surface area contributed by atoms with Crippen LogP contribution in [0.4, 0.5) is 5.82 Å². The number of anilines is 1. The first-order valence-electron chi connectivity index (χ1n) is 6.40. The van der Waals surface area contributed by atoms with Crippen LogP contribution in [0.2, 0.25) is 0 Å². The molecule has 0 aliphatic heterocycles. The summed E-state index contributed by atoms with van der Waals surface area (Å²) in [6.45, 7) is 1.87. The molecular formula is C15H15N5. The summed E-state index contributed by atoms with van der Waals surface area (Å²) in [5.74, 6) is 2.25. The maximum absolute atomic E-state index is 4.41. The summed E-state index contributed by atoms with van der Waals surface area (Å²) >= 11 is 0. The van der Waals surface area contributed by atoms with Crippen LogP contribution in [-0.2, 0) is 0 Å². The fourth-order valence-electron chi connectivity index (χ4n) is 2.03. The van der Waals surface area contributed by atoms with E-state index in [1.165, 1.54) is 0 Å². The molecule has 3 aromatic rings. The maximum Gasteiger partial charge on any atom is 0.159 e. The molecule has 0 saturated carbocycles. The van der Waals surface area contributed by atoms with Gasteiger partial charge in [0.2, 0.25) is 0 Å². The van der Waals surface area contributed by atoms with E-state index in [1.807, 2.05) is 50.6 Å². The van der Waals surface area contributed by atoms with Crippen LogP contribution in [0.1, 0.15) is 5.82 Å². The zero-order valence-electron chi connectivity index (χ0n) is 11.4. The molecule has 0 radical (unpaired) electrons. The summed E-state index contributed by atoms with van der Waals surface area (Å²) < 4.78 is 1.76. The van der Waals surface area contributed by atoms with Crippen molar-refractivity contribution >= 4 is 5.82 Å². The second kappa shape index (κ2) is 5.13. The zero-order valence-corrected chi connectivity index (χ0v) is 11.4. The third kappa shape index (κ3) is 2.38. The lowest BCUT2D eigenvalue weighted by Crippen LogP contribution is -2.03. The SMILES string of the molecule is CNc1cc(-n2cc(-c3ccccc3)cn2)nc(C)n1. The molecule has 100 valence electrons. The van der Waals surface area contributed by atoms with Crippen molar-refractivity contribution in [2.45, 2.75) is 6.92 Å². The molecule has 5 heteroatoms. The van der Waals surface area contributed by atoms with Gasteiger partial charge in [-0.05, 0) is 12.5 Å². The summed E-state index contributed by atoms with van der Waals surface area (Å²) in [5, 5.41) is 7.40. The first-order valence-corrected chi connectivity index (χ1v) is 6.40. The first kappa shape index (κ1) is 12.3. The molecule has 0 bridgehead atoms. The number of rotatable bonds is 3. The first-order chi connectivity index (χ1) is 9.76. The van der Waals surface area contributed by atoms with Gasteiger partial charge in [-0.3, -0.25) is 0 Å². The molecule has 2 heterocycles. The molecule has 0 atom stereocenters. The standard InChI is InChI=1S/C15H15N5/c1-11-18-14(16-2)8-15(19-11)20-10-13(9-17-20)12-6-4-3-5-7-12/h3-10H,1-2H3,(H,16,18,19). The van der Waals surface area contributed by atoms with Crippen molar-refractivity contribution in [2.24, 2.45) is 0 Å². The lowest BCUT2D eigenvalue weighted by atomic mass is 10.1. The van der Waals surface area contributed by atoms with Crippen molar-refractivity contribution in [3.63, 3.8) is 0 Å². The van der Waals surface area contributed by atoms with Gasteiger partial charge >= 0.3 is 0 Å². The van der Waals surface area contributed by atoms with Crippen molar-refractivity contribution in [3.05, 3.63) is 54.6 Å². The number of nitrogens with one attached hydrogen (secondary N) is 1. The number of hydrogen-bond acceptors (Lipinski definition) is 4. The Hall–Kier alpha value is -2.69. The van der Waals surface area contributed by atoms with E-state index < -0.39 is 0 Å². The van der Waals surface area contributed by atoms with Crippen LogP contribution in [-0.4, -0.2) is 26.8 Å². The molecule has 0 spiro atoms. The molecule has 1 aromatic carbocycles. The van der Waals surface area contributed by atoms with Gasteiger partial charge in [0.15, 0.2) is 5.82 Å². The van der Waals surface area contributed by atoms with Crippen molar-refractivity contribution in [1.29, 1.82) is 0 Å². The highest BCUT2D eigenvalue weighted by molar-refractivity contribution is 5.61. The van der Waals surface area contributed by atoms with Gasteiger partial charge in [0.1, 0.15) is 11.6 Å². The third-order valence-corrected chi connectivity index (χ3v) is 3.01. The molecule has 0 amide bonds. The minimum absolute atomic E-state index is 0.712. The van der Waals surface area contributed by atoms with Gasteiger partial charge in [0.05, 0.1) is 6.20 Å². The molecule has 20 heavy (non-hydrogen) atoms. The van der Waals surface area contributed by atoms with E-state index in [1.54, 1.807) is 4.68 Å². The third-order valence-electron chi connectivity index (χ3n) is 3.01. The number of benzene rings is 1. The fourth-order valence-corrected chi connectivity index (χ4v) is 2.03. The molecule has 0 fully saturated rings. The lowest BCUT2D eigenvalue weighted by Gasteiger charge is -2.05. The van der Waals surface area contributed by atoms with Crippen molar-refractivity contribution in [2.75, 3.05) is 12.4 Å². The Morgan fingerprint density at radius 2 is 1.85 bits per heavy atom. The highest BCUT2D eigenvalue weighted by Gasteiger charge is 2.06. The molecule has 2 aromatic heterocycles. The fraction of sp³-hybridized carbons (Fsp3) is 0.133. The van der Waals surface area contributed by atoms with E-state index in [4.69, 9.17) is 0 Å². The monoisotopic (exact) mass is 265 g/mol. The molecule has 3 rings (SSSR count). The highest BCUT2D eigenvalue weighted by atomic mass is 15.3. The van der Waals surface area contributed by atoms with Gasteiger partial charge < -0.3 is 5.32 Å². The van der Waals surface area contributed by atoms with Gasteiger partial charge in [0.25, 0.3) is 0 Å². The smallest absolute Gasteiger partial charge is 0.159 e. The average molecular weight is 265 g/mol. The van der Waals surface area contributed by atoms with Crippen LogP contribution >= 0.6 is 0 Å². The Labute approximate surface area is 117 Å². The Bertz CT molecular complexity index is 718. The van der Waals surface area contributed by atoms with Gasteiger partial charge in [-0.2, -0.15) is 5.10 Å². The van der Waals surface area contributed by atoms with Crippen LogP contribution in [0.3, 0.4) is 0 Å². The summed E-state index contributed by atoms with van der Waals surface area (Å²) in [7, 11) is 1.84. The average Bonchev–Trinajstić information content (AvgIpc) is 2.97. The second-order valence-corrected chi connectivity index (χ2v) is 4.45. The number of aromatic nitrogens is 4. The Kier molecular flexibility index (Phi) is 3.16. The quantitative estimate of drug-likeness (QED) is 0.791. The van der Waals surface area contributed by atoms with Crippen molar-refractivity contribution in [3.8, 4) is 16.9 Å². The largest absolute Gasteiger partial charge is 0.373 e. The van der Waals surface area contributed by atoms with Crippen molar-refractivity contribution in [1.82, 2.24) is 19.7 Å². The Morgan fingerprint density at radius 1 is 1.05 bits per heavy atom. The van der Waals surface area contributed by atoms with Crippen LogP contribution in [0.15, 0.2) is 48.8 Å². The minimum atomic E-state index is 0.712. The van der Waals surface area contributed by atoms with Crippen LogP contribution < -0.4 is 5.32 Å². The molecule has 5 nitrogen and oxygen atoms in total. The summed E-state index contributed by atoms with van der Waals surface area (Å²) in [5.41, 5.74) is 2.20. The van der Waals surface area contributed by atoms with E-state index in [-0.39, 0.29) is 0 Å². The van der Waals surface area contributed by atoms with E-state index in [2.05, 4.69) is 32.5 Å². The van der Waals surface area contributed by atoms with E-state index in [9.17, 15) is 0 Å². The normalized spacial score (nSPS) is 10.5. The summed E-state index contributed by atoms with van der Waals surface area (Å²) in [6.07, 6.45) is 3.81. The van der Waals surface area contributed by atoms with Crippen LogP contribution in [0.25, 0.3) is 16.9 Å². The van der Waals surface area contributed by atoms with E-state index >= 15 is 0 Å². The predicted octanol–water partition coefficient (Wildman–Crippen LogP) is 2.68. The molecule has 0 saturated heterocycles. The summed E-state index contributed by atoms with van der Waals surface area (Å²) in [6, 6.07) is 12.0.